The molecular weight excluding hydrogens is 269 g/mol. The van der Waals surface area contributed by atoms with Gasteiger partial charge in [-0.15, -0.1) is 0 Å². The van der Waals surface area contributed by atoms with Crippen molar-refractivity contribution in [3.8, 4) is 5.75 Å². The molecule has 112 valence electrons. The van der Waals surface area contributed by atoms with Crippen molar-refractivity contribution in [2.24, 2.45) is 0 Å². The predicted octanol–water partition coefficient (Wildman–Crippen LogP) is 3.76. The third-order valence-corrected chi connectivity index (χ3v) is 3.14. The molecule has 1 aromatic heterocycles. The number of nitrogen functional groups attached to an aromatic ring is 1. The van der Waals surface area contributed by atoms with E-state index in [9.17, 15) is 4.39 Å². The van der Waals surface area contributed by atoms with Gasteiger partial charge in [-0.2, -0.15) is 0 Å². The van der Waals surface area contributed by atoms with Crippen LogP contribution in [0.4, 0.5) is 15.8 Å². The second-order valence-electron chi connectivity index (χ2n) is 4.86. The van der Waals surface area contributed by atoms with Crippen LogP contribution < -0.4 is 15.8 Å². The highest BCUT2D eigenvalue weighted by molar-refractivity contribution is 5.69. The Labute approximate surface area is 124 Å². The Kier molecular flexibility index (Phi) is 4.98. The van der Waals surface area contributed by atoms with Crippen LogP contribution in [0.25, 0.3) is 0 Å². The van der Waals surface area contributed by atoms with Crippen LogP contribution in [0.1, 0.15) is 31.9 Å². The van der Waals surface area contributed by atoms with Crippen LogP contribution in [0.15, 0.2) is 36.7 Å². The van der Waals surface area contributed by atoms with Crippen LogP contribution in [0.2, 0.25) is 0 Å². The first-order valence-corrected chi connectivity index (χ1v) is 7.00. The van der Waals surface area contributed by atoms with E-state index in [1.54, 1.807) is 18.5 Å². The molecule has 1 unspecified atom stereocenters. The van der Waals surface area contributed by atoms with Crippen molar-refractivity contribution in [1.82, 2.24) is 4.98 Å². The standard InChI is InChI=1S/C16H20FN3O/c1-3-8-21-16-10-15(14(18)9-13(16)17)20-11(2)12-4-6-19-7-5-12/h4-7,9-11,20H,3,8,18H2,1-2H3. The average molecular weight is 289 g/mol. The molecule has 0 aliphatic heterocycles. The normalized spacial score (nSPS) is 12.0. The van der Waals surface area contributed by atoms with Crippen LogP contribution in [0, 0.1) is 5.82 Å². The number of pyridine rings is 1. The fourth-order valence-corrected chi connectivity index (χ4v) is 1.99. The summed E-state index contributed by atoms with van der Waals surface area (Å²) in [5.41, 5.74) is 7.97. The molecule has 0 aliphatic carbocycles. The summed E-state index contributed by atoms with van der Waals surface area (Å²) >= 11 is 0. The highest BCUT2D eigenvalue weighted by Crippen LogP contribution is 2.31. The number of nitrogens with two attached hydrogens (primary N) is 1. The number of nitrogens with zero attached hydrogens (tertiary/aromatic N) is 1. The van der Waals surface area contributed by atoms with Gasteiger partial charge in [-0.3, -0.25) is 4.98 Å². The van der Waals surface area contributed by atoms with Crippen molar-refractivity contribution in [2.75, 3.05) is 17.7 Å². The van der Waals surface area contributed by atoms with E-state index < -0.39 is 5.82 Å². The molecule has 0 aliphatic rings. The fourth-order valence-electron chi connectivity index (χ4n) is 1.99. The number of nitrogens with one attached hydrogen (secondary N) is 1. The highest BCUT2D eigenvalue weighted by atomic mass is 19.1. The van der Waals surface area contributed by atoms with Crippen LogP contribution in [0.5, 0.6) is 5.75 Å². The van der Waals surface area contributed by atoms with E-state index in [1.165, 1.54) is 6.07 Å². The molecule has 1 aromatic carbocycles. The third kappa shape index (κ3) is 3.84. The van der Waals surface area contributed by atoms with E-state index in [0.717, 1.165) is 12.0 Å². The monoisotopic (exact) mass is 289 g/mol. The maximum absolute atomic E-state index is 13.8. The van der Waals surface area contributed by atoms with Gasteiger partial charge >= 0.3 is 0 Å². The fraction of sp³-hybridized carbons (Fsp3) is 0.312. The maximum atomic E-state index is 13.8. The molecule has 0 saturated heterocycles. The Balaban J connectivity index is 2.19. The minimum atomic E-state index is -0.442. The van der Waals surface area contributed by atoms with Gasteiger partial charge in [0.05, 0.1) is 18.0 Å². The topological polar surface area (TPSA) is 60.2 Å². The number of ether oxygens (including phenoxy) is 1. The summed E-state index contributed by atoms with van der Waals surface area (Å²) < 4.78 is 19.2. The lowest BCUT2D eigenvalue weighted by atomic mass is 10.1. The molecular formula is C16H20FN3O. The quantitative estimate of drug-likeness (QED) is 0.795. The summed E-state index contributed by atoms with van der Waals surface area (Å²) in [6.07, 6.45) is 4.29. The molecule has 2 rings (SSSR count). The Morgan fingerprint density at radius 3 is 2.71 bits per heavy atom. The van der Waals surface area contributed by atoms with Gasteiger partial charge in [0.2, 0.25) is 0 Å². The number of hydrogen-bond acceptors (Lipinski definition) is 4. The second-order valence-corrected chi connectivity index (χ2v) is 4.86. The minimum absolute atomic E-state index is 0.0276. The van der Waals surface area contributed by atoms with Crippen LogP contribution in [-0.2, 0) is 0 Å². The third-order valence-electron chi connectivity index (χ3n) is 3.14. The number of halogens is 1. The summed E-state index contributed by atoms with van der Waals surface area (Å²) in [6.45, 7) is 4.45. The van der Waals surface area contributed by atoms with Gasteiger partial charge in [0.1, 0.15) is 0 Å². The van der Waals surface area contributed by atoms with Crippen molar-refractivity contribution in [2.45, 2.75) is 26.3 Å². The summed E-state index contributed by atoms with van der Waals surface area (Å²) in [4.78, 5) is 3.99. The van der Waals surface area contributed by atoms with E-state index in [2.05, 4.69) is 10.3 Å². The van der Waals surface area contributed by atoms with Crippen molar-refractivity contribution >= 4 is 11.4 Å². The van der Waals surface area contributed by atoms with Crippen LogP contribution in [-0.4, -0.2) is 11.6 Å². The second kappa shape index (κ2) is 6.92. The molecule has 1 atom stereocenters. The number of anilines is 2. The molecule has 5 heteroatoms. The lowest BCUT2D eigenvalue weighted by molar-refractivity contribution is 0.301. The molecule has 0 fully saturated rings. The van der Waals surface area contributed by atoms with Gasteiger partial charge in [-0.05, 0) is 31.0 Å². The summed E-state index contributed by atoms with van der Waals surface area (Å²) in [5.74, 6) is -0.224. The lowest BCUT2D eigenvalue weighted by Crippen LogP contribution is -2.09. The Morgan fingerprint density at radius 1 is 1.33 bits per heavy atom. The van der Waals surface area contributed by atoms with E-state index >= 15 is 0 Å². The van der Waals surface area contributed by atoms with E-state index in [-0.39, 0.29) is 11.8 Å². The van der Waals surface area contributed by atoms with E-state index in [4.69, 9.17) is 10.5 Å². The Morgan fingerprint density at radius 2 is 2.05 bits per heavy atom. The molecule has 4 nitrogen and oxygen atoms in total. The van der Waals surface area contributed by atoms with Crippen molar-refractivity contribution in [3.05, 3.63) is 48.0 Å². The molecule has 0 saturated carbocycles. The smallest absolute Gasteiger partial charge is 0.167 e. The largest absolute Gasteiger partial charge is 0.490 e. The molecule has 1 heterocycles. The molecule has 0 spiro atoms. The van der Waals surface area contributed by atoms with E-state index in [0.29, 0.717) is 18.0 Å². The van der Waals surface area contributed by atoms with Gasteiger partial charge in [0.25, 0.3) is 0 Å². The predicted molar refractivity (Wildman–Crippen MR) is 82.9 cm³/mol. The minimum Gasteiger partial charge on any atom is -0.490 e. The molecule has 3 N–H and O–H groups in total. The zero-order valence-electron chi connectivity index (χ0n) is 12.3. The highest BCUT2D eigenvalue weighted by Gasteiger charge is 2.12. The lowest BCUT2D eigenvalue weighted by Gasteiger charge is -2.18. The number of rotatable bonds is 6. The number of hydrogen-bond donors (Lipinski definition) is 2. The Hall–Kier alpha value is -2.30. The van der Waals surface area contributed by atoms with Crippen LogP contribution >= 0.6 is 0 Å². The maximum Gasteiger partial charge on any atom is 0.167 e. The van der Waals surface area contributed by atoms with Gasteiger partial charge in [-0.1, -0.05) is 6.92 Å². The first kappa shape index (κ1) is 15.1. The van der Waals surface area contributed by atoms with E-state index in [1.807, 2.05) is 26.0 Å². The van der Waals surface area contributed by atoms with Gasteiger partial charge in [0, 0.05) is 30.6 Å². The van der Waals surface area contributed by atoms with Gasteiger partial charge in [0.15, 0.2) is 11.6 Å². The van der Waals surface area contributed by atoms with Gasteiger partial charge in [-0.25, -0.2) is 4.39 Å². The Bertz CT molecular complexity index is 590. The number of aromatic nitrogens is 1. The van der Waals surface area contributed by atoms with Crippen molar-refractivity contribution in [1.29, 1.82) is 0 Å². The molecule has 0 amide bonds. The SMILES string of the molecule is CCCOc1cc(NC(C)c2ccncc2)c(N)cc1F. The van der Waals surface area contributed by atoms with Crippen molar-refractivity contribution in [3.63, 3.8) is 0 Å². The zero-order chi connectivity index (χ0) is 15.2. The molecule has 0 radical (unpaired) electrons. The molecule has 2 aromatic rings. The summed E-state index contributed by atoms with van der Waals surface area (Å²) in [7, 11) is 0. The van der Waals surface area contributed by atoms with Crippen LogP contribution in [0.3, 0.4) is 0 Å². The molecule has 0 bridgehead atoms. The zero-order valence-corrected chi connectivity index (χ0v) is 12.3. The van der Waals surface area contributed by atoms with Gasteiger partial charge < -0.3 is 15.8 Å². The first-order valence-electron chi connectivity index (χ1n) is 7.00. The average Bonchev–Trinajstić information content (AvgIpc) is 2.49. The first-order chi connectivity index (χ1) is 10.1. The summed E-state index contributed by atoms with van der Waals surface area (Å²) in [6, 6.07) is 6.77. The summed E-state index contributed by atoms with van der Waals surface area (Å²) in [5, 5.41) is 3.27. The van der Waals surface area contributed by atoms with Crippen molar-refractivity contribution < 1.29 is 9.13 Å². The molecule has 21 heavy (non-hydrogen) atoms. The number of benzene rings is 1.